The van der Waals surface area contributed by atoms with Crippen LogP contribution in [0.25, 0.3) is 10.8 Å². The molecule has 8 nitrogen and oxygen atoms in total. The lowest BCUT2D eigenvalue weighted by molar-refractivity contribution is -0.132. The van der Waals surface area contributed by atoms with Crippen LogP contribution in [0.4, 0.5) is 4.79 Å². The molecule has 35 heavy (non-hydrogen) atoms. The number of nitrogens with one attached hydrogen (secondary N) is 1. The van der Waals surface area contributed by atoms with Crippen LogP contribution in [0.1, 0.15) is 18.1 Å². The third-order valence-corrected chi connectivity index (χ3v) is 8.71. The van der Waals surface area contributed by atoms with Crippen molar-refractivity contribution in [1.29, 1.82) is 0 Å². The smallest absolute Gasteiger partial charge is 0.319 e. The second kappa shape index (κ2) is 9.07. The Balaban J connectivity index is 1.26. The van der Waals surface area contributed by atoms with E-state index in [4.69, 9.17) is 0 Å². The number of hydrogen-bond acceptors (Lipinski definition) is 5. The summed E-state index contributed by atoms with van der Waals surface area (Å²) in [4.78, 5) is 29.5. The molecule has 1 unspecified atom stereocenters. The zero-order valence-electron chi connectivity index (χ0n) is 19.6. The highest BCUT2D eigenvalue weighted by Gasteiger charge is 2.50. The van der Waals surface area contributed by atoms with E-state index in [-0.39, 0.29) is 18.3 Å². The predicted octanol–water partition coefficient (Wildman–Crippen LogP) is 2.71. The Morgan fingerprint density at radius 2 is 1.51 bits per heavy atom. The summed E-state index contributed by atoms with van der Waals surface area (Å²) >= 11 is 0. The molecule has 2 fully saturated rings. The molecule has 0 aliphatic carbocycles. The summed E-state index contributed by atoms with van der Waals surface area (Å²) in [7, 11) is -3.44. The highest BCUT2D eigenvalue weighted by Crippen LogP contribution is 2.34. The SMILES string of the molecule is CC1(c2cccc3ccccc23)NC(=O)N(CN2CCN(S(=O)(=O)Cc3ccccc3)CC2)C1=O. The van der Waals surface area contributed by atoms with Gasteiger partial charge in [-0.2, -0.15) is 4.31 Å². The van der Waals surface area contributed by atoms with E-state index in [0.29, 0.717) is 26.2 Å². The van der Waals surface area contributed by atoms with Gasteiger partial charge in [0.1, 0.15) is 5.54 Å². The quantitative estimate of drug-likeness (QED) is 0.535. The Bertz CT molecular complexity index is 1370. The molecule has 0 radical (unpaired) electrons. The minimum atomic E-state index is -3.44. The number of rotatable bonds is 6. The van der Waals surface area contributed by atoms with Crippen LogP contribution in [0.5, 0.6) is 0 Å². The Morgan fingerprint density at radius 1 is 0.857 bits per heavy atom. The van der Waals surface area contributed by atoms with Crippen molar-refractivity contribution in [2.24, 2.45) is 0 Å². The third-order valence-electron chi connectivity index (χ3n) is 6.86. The van der Waals surface area contributed by atoms with Gasteiger partial charge in [-0.25, -0.2) is 18.1 Å². The van der Waals surface area contributed by atoms with E-state index >= 15 is 0 Å². The lowest BCUT2D eigenvalue weighted by Crippen LogP contribution is -2.53. The number of carbonyl (C=O) groups excluding carboxylic acids is 2. The molecule has 2 aliphatic heterocycles. The molecule has 0 spiro atoms. The fraction of sp³-hybridized carbons (Fsp3) is 0.308. The monoisotopic (exact) mass is 492 g/mol. The number of amides is 3. The number of imide groups is 1. The number of sulfonamides is 1. The molecule has 1 N–H and O–H groups in total. The highest BCUT2D eigenvalue weighted by atomic mass is 32.2. The number of carbonyl (C=O) groups is 2. The first-order valence-corrected chi connectivity index (χ1v) is 13.3. The normalized spacial score (nSPS) is 22.0. The summed E-state index contributed by atoms with van der Waals surface area (Å²) in [5.74, 6) is -0.345. The first-order valence-electron chi connectivity index (χ1n) is 11.6. The van der Waals surface area contributed by atoms with E-state index in [1.54, 1.807) is 19.1 Å². The van der Waals surface area contributed by atoms with Gasteiger partial charge < -0.3 is 5.32 Å². The van der Waals surface area contributed by atoms with E-state index in [1.165, 1.54) is 9.21 Å². The van der Waals surface area contributed by atoms with Crippen LogP contribution in [0, 0.1) is 0 Å². The van der Waals surface area contributed by atoms with E-state index in [2.05, 4.69) is 5.32 Å². The van der Waals surface area contributed by atoms with Crippen molar-refractivity contribution in [3.8, 4) is 0 Å². The van der Waals surface area contributed by atoms with Crippen LogP contribution >= 0.6 is 0 Å². The van der Waals surface area contributed by atoms with Gasteiger partial charge in [0, 0.05) is 26.2 Å². The standard InChI is InChI=1S/C26H28N4O4S/c1-26(23-13-7-11-21-10-5-6-12-22(21)23)24(31)30(25(32)27-26)19-28-14-16-29(17-15-28)35(33,34)18-20-8-3-2-4-9-20/h2-13H,14-19H2,1H3,(H,27,32). The van der Waals surface area contributed by atoms with Crippen molar-refractivity contribution >= 4 is 32.7 Å². The molecule has 2 saturated heterocycles. The predicted molar refractivity (Wildman–Crippen MR) is 134 cm³/mol. The number of urea groups is 1. The van der Waals surface area contributed by atoms with Crippen molar-refractivity contribution in [1.82, 2.24) is 19.4 Å². The molecule has 3 aromatic rings. The second-order valence-electron chi connectivity index (χ2n) is 9.22. The average molecular weight is 493 g/mol. The van der Waals surface area contributed by atoms with Crippen LogP contribution in [-0.2, 0) is 26.1 Å². The molecule has 0 bridgehead atoms. The van der Waals surface area contributed by atoms with Crippen molar-refractivity contribution < 1.29 is 18.0 Å². The van der Waals surface area contributed by atoms with Gasteiger partial charge in [0.25, 0.3) is 5.91 Å². The zero-order valence-corrected chi connectivity index (χ0v) is 20.4. The van der Waals surface area contributed by atoms with E-state index < -0.39 is 21.6 Å². The number of piperazine rings is 1. The van der Waals surface area contributed by atoms with Crippen molar-refractivity contribution in [3.63, 3.8) is 0 Å². The summed E-state index contributed by atoms with van der Waals surface area (Å²) in [6, 6.07) is 22.2. The van der Waals surface area contributed by atoms with Crippen LogP contribution < -0.4 is 5.32 Å². The molecule has 3 aromatic carbocycles. The summed E-state index contributed by atoms with van der Waals surface area (Å²) < 4.78 is 27.2. The Morgan fingerprint density at radius 3 is 2.26 bits per heavy atom. The minimum Gasteiger partial charge on any atom is -0.319 e. The van der Waals surface area contributed by atoms with Gasteiger partial charge in [-0.15, -0.1) is 0 Å². The molecule has 5 rings (SSSR count). The largest absolute Gasteiger partial charge is 0.326 e. The van der Waals surface area contributed by atoms with Crippen LogP contribution in [0.3, 0.4) is 0 Å². The molecule has 182 valence electrons. The van der Waals surface area contributed by atoms with Gasteiger partial charge in [0.15, 0.2) is 0 Å². The Labute approximate surface area is 205 Å². The van der Waals surface area contributed by atoms with Gasteiger partial charge in [-0.3, -0.25) is 9.69 Å². The van der Waals surface area contributed by atoms with Crippen LogP contribution in [0.2, 0.25) is 0 Å². The van der Waals surface area contributed by atoms with Crippen molar-refractivity contribution in [2.45, 2.75) is 18.2 Å². The number of nitrogens with zero attached hydrogens (tertiary/aromatic N) is 3. The molecular formula is C26H28N4O4S. The van der Waals surface area contributed by atoms with Crippen LogP contribution in [0.15, 0.2) is 72.8 Å². The lowest BCUT2D eigenvalue weighted by atomic mass is 9.88. The van der Waals surface area contributed by atoms with Crippen molar-refractivity contribution in [2.75, 3.05) is 32.8 Å². The molecule has 2 aliphatic rings. The first kappa shape index (κ1) is 23.5. The average Bonchev–Trinajstić information content (AvgIpc) is 3.08. The molecule has 1 atom stereocenters. The molecule has 3 amide bonds. The highest BCUT2D eigenvalue weighted by molar-refractivity contribution is 7.88. The molecule has 0 saturated carbocycles. The second-order valence-corrected chi connectivity index (χ2v) is 11.2. The maximum absolute atomic E-state index is 13.5. The fourth-order valence-corrected chi connectivity index (χ4v) is 6.41. The van der Waals surface area contributed by atoms with E-state index in [1.807, 2.05) is 65.6 Å². The Hall–Kier alpha value is -3.27. The van der Waals surface area contributed by atoms with Gasteiger partial charge in [0.05, 0.1) is 12.4 Å². The number of benzene rings is 3. The van der Waals surface area contributed by atoms with Gasteiger partial charge in [-0.05, 0) is 28.8 Å². The fourth-order valence-electron chi connectivity index (χ4n) is 4.89. The zero-order chi connectivity index (χ0) is 24.6. The van der Waals surface area contributed by atoms with Crippen molar-refractivity contribution in [3.05, 3.63) is 83.9 Å². The number of hydrogen-bond donors (Lipinski definition) is 1. The summed E-state index contributed by atoms with van der Waals surface area (Å²) in [5, 5.41) is 4.81. The molecule has 9 heteroatoms. The van der Waals surface area contributed by atoms with Gasteiger partial charge >= 0.3 is 6.03 Å². The maximum atomic E-state index is 13.5. The van der Waals surface area contributed by atoms with Gasteiger partial charge in [0.2, 0.25) is 10.0 Å². The summed E-state index contributed by atoms with van der Waals surface area (Å²) in [6.07, 6.45) is 0. The third kappa shape index (κ3) is 4.42. The summed E-state index contributed by atoms with van der Waals surface area (Å²) in [5.41, 5.74) is 0.342. The topological polar surface area (TPSA) is 90.0 Å². The molecular weight excluding hydrogens is 464 g/mol. The molecule has 0 aromatic heterocycles. The Kier molecular flexibility index (Phi) is 6.08. The lowest BCUT2D eigenvalue weighted by Gasteiger charge is -2.35. The van der Waals surface area contributed by atoms with E-state index in [0.717, 1.165) is 21.9 Å². The molecule has 2 heterocycles. The van der Waals surface area contributed by atoms with Crippen LogP contribution in [-0.4, -0.2) is 67.3 Å². The summed E-state index contributed by atoms with van der Waals surface area (Å²) in [6.45, 7) is 3.38. The minimum absolute atomic E-state index is 0.0375. The number of fused-ring (bicyclic) bond motifs is 1. The van der Waals surface area contributed by atoms with E-state index in [9.17, 15) is 18.0 Å². The maximum Gasteiger partial charge on any atom is 0.326 e. The van der Waals surface area contributed by atoms with Gasteiger partial charge in [-0.1, -0.05) is 72.8 Å². The first-order chi connectivity index (χ1) is 16.8.